The van der Waals surface area contributed by atoms with Gasteiger partial charge in [0, 0.05) is 4.90 Å². The van der Waals surface area contributed by atoms with E-state index in [0.29, 0.717) is 0 Å². The summed E-state index contributed by atoms with van der Waals surface area (Å²) in [6.07, 6.45) is 0. The predicted molar refractivity (Wildman–Crippen MR) is 69.8 cm³/mol. The fraction of sp³-hybridized carbons (Fsp3) is 0.143. The molecule has 2 aromatic carbocycles. The summed E-state index contributed by atoms with van der Waals surface area (Å²) in [7, 11) is 0. The molecule has 0 aliphatic rings. The lowest BCUT2D eigenvalue weighted by molar-refractivity contribution is 0.462. The molecule has 0 saturated carbocycles. The third-order valence-electron chi connectivity index (χ3n) is 2.51. The molecule has 0 heterocycles. The van der Waals surface area contributed by atoms with Gasteiger partial charge in [-0.15, -0.1) is 0 Å². The Kier molecular flexibility index (Phi) is 3.29. The molecular weight excluding hydrogens is 232 g/mol. The number of phenolic OH excluding ortho intramolecular Hbond substituents is 2. The Hall–Kier alpha value is -1.61. The monoisotopic (exact) mass is 246 g/mol. The number of aryl methyl sites for hydroxylation is 2. The maximum absolute atomic E-state index is 9.77. The van der Waals surface area contributed by atoms with E-state index in [-0.39, 0.29) is 11.5 Å². The number of hydrogen-bond donors (Lipinski definition) is 2. The molecule has 17 heavy (non-hydrogen) atoms. The van der Waals surface area contributed by atoms with E-state index >= 15 is 0 Å². The molecule has 0 unspecified atom stereocenters. The first-order valence-corrected chi connectivity index (χ1v) is 6.15. The lowest BCUT2D eigenvalue weighted by Gasteiger charge is -2.08. The normalized spacial score (nSPS) is 10.5. The van der Waals surface area contributed by atoms with Gasteiger partial charge in [0.15, 0.2) is 0 Å². The predicted octanol–water partition coefficient (Wildman–Crippen LogP) is 3.87. The van der Waals surface area contributed by atoms with Crippen molar-refractivity contribution in [2.24, 2.45) is 0 Å². The van der Waals surface area contributed by atoms with Gasteiger partial charge in [0.05, 0.1) is 4.90 Å². The van der Waals surface area contributed by atoms with Crippen molar-refractivity contribution in [1.82, 2.24) is 0 Å². The van der Waals surface area contributed by atoms with Gasteiger partial charge in [-0.3, -0.25) is 0 Å². The van der Waals surface area contributed by atoms with Crippen LogP contribution in [0.3, 0.4) is 0 Å². The van der Waals surface area contributed by atoms with Crippen LogP contribution < -0.4 is 0 Å². The van der Waals surface area contributed by atoms with Crippen LogP contribution in [0, 0.1) is 13.8 Å². The maximum atomic E-state index is 9.77. The SMILES string of the molecule is Cc1ccc(O)c(Sc2cc(O)ccc2C)c1. The summed E-state index contributed by atoms with van der Waals surface area (Å²) in [5.41, 5.74) is 2.18. The zero-order valence-corrected chi connectivity index (χ0v) is 10.6. The fourth-order valence-electron chi connectivity index (χ4n) is 1.52. The second-order valence-corrected chi connectivity index (χ2v) is 5.11. The second kappa shape index (κ2) is 4.72. The lowest BCUT2D eigenvalue weighted by Crippen LogP contribution is -1.81. The Labute approximate surface area is 105 Å². The van der Waals surface area contributed by atoms with Crippen LogP contribution >= 0.6 is 11.8 Å². The van der Waals surface area contributed by atoms with E-state index in [2.05, 4.69) is 0 Å². The first-order valence-electron chi connectivity index (χ1n) is 5.33. The summed E-state index contributed by atoms with van der Waals surface area (Å²) in [6, 6.07) is 10.7. The molecular formula is C14H14O2S. The van der Waals surface area contributed by atoms with Gasteiger partial charge in [-0.1, -0.05) is 23.9 Å². The van der Waals surface area contributed by atoms with E-state index in [9.17, 15) is 10.2 Å². The van der Waals surface area contributed by atoms with Gasteiger partial charge in [-0.05, 0) is 49.2 Å². The van der Waals surface area contributed by atoms with Crippen molar-refractivity contribution >= 4 is 11.8 Å². The largest absolute Gasteiger partial charge is 0.508 e. The summed E-state index contributed by atoms with van der Waals surface area (Å²) in [5.74, 6) is 0.508. The molecule has 0 bridgehead atoms. The number of benzene rings is 2. The van der Waals surface area contributed by atoms with Crippen LogP contribution in [0.15, 0.2) is 46.2 Å². The molecule has 2 nitrogen and oxygen atoms in total. The summed E-state index contributed by atoms with van der Waals surface area (Å²) in [6.45, 7) is 3.97. The summed E-state index contributed by atoms with van der Waals surface area (Å²) in [4.78, 5) is 1.75. The average molecular weight is 246 g/mol. The molecule has 2 N–H and O–H groups in total. The minimum Gasteiger partial charge on any atom is -0.508 e. The highest BCUT2D eigenvalue weighted by molar-refractivity contribution is 7.99. The smallest absolute Gasteiger partial charge is 0.129 e. The summed E-state index contributed by atoms with van der Waals surface area (Å²) >= 11 is 1.46. The van der Waals surface area contributed by atoms with E-state index in [0.717, 1.165) is 20.9 Å². The number of phenols is 2. The van der Waals surface area contributed by atoms with Gasteiger partial charge in [0.2, 0.25) is 0 Å². The van der Waals surface area contributed by atoms with E-state index in [1.54, 1.807) is 18.2 Å². The topological polar surface area (TPSA) is 40.5 Å². The highest BCUT2D eigenvalue weighted by Gasteiger charge is 2.06. The maximum Gasteiger partial charge on any atom is 0.129 e. The van der Waals surface area contributed by atoms with Gasteiger partial charge >= 0.3 is 0 Å². The van der Waals surface area contributed by atoms with Crippen molar-refractivity contribution in [2.45, 2.75) is 23.6 Å². The zero-order chi connectivity index (χ0) is 12.4. The van der Waals surface area contributed by atoms with Crippen LogP contribution in [-0.2, 0) is 0 Å². The van der Waals surface area contributed by atoms with Gasteiger partial charge in [-0.2, -0.15) is 0 Å². The Morgan fingerprint density at radius 2 is 1.65 bits per heavy atom. The van der Waals surface area contributed by atoms with Crippen molar-refractivity contribution < 1.29 is 10.2 Å². The van der Waals surface area contributed by atoms with Gasteiger partial charge in [-0.25, -0.2) is 0 Å². The van der Waals surface area contributed by atoms with Gasteiger partial charge < -0.3 is 10.2 Å². The number of hydrogen-bond acceptors (Lipinski definition) is 3. The number of aromatic hydroxyl groups is 2. The third-order valence-corrected chi connectivity index (χ3v) is 3.71. The quantitative estimate of drug-likeness (QED) is 0.845. The van der Waals surface area contributed by atoms with Crippen molar-refractivity contribution in [1.29, 1.82) is 0 Å². The Balaban J connectivity index is 2.37. The van der Waals surface area contributed by atoms with Gasteiger partial charge in [0.25, 0.3) is 0 Å². The third kappa shape index (κ3) is 2.74. The molecule has 3 heteroatoms. The summed E-state index contributed by atoms with van der Waals surface area (Å²) < 4.78 is 0. The van der Waals surface area contributed by atoms with Crippen molar-refractivity contribution in [3.63, 3.8) is 0 Å². The van der Waals surface area contributed by atoms with E-state index in [1.165, 1.54) is 11.8 Å². The van der Waals surface area contributed by atoms with E-state index in [4.69, 9.17) is 0 Å². The highest BCUT2D eigenvalue weighted by atomic mass is 32.2. The lowest BCUT2D eigenvalue weighted by atomic mass is 10.2. The van der Waals surface area contributed by atoms with Crippen LogP contribution in [0.5, 0.6) is 11.5 Å². The molecule has 88 valence electrons. The van der Waals surface area contributed by atoms with Crippen LogP contribution in [-0.4, -0.2) is 10.2 Å². The molecule has 2 rings (SSSR count). The van der Waals surface area contributed by atoms with Crippen molar-refractivity contribution in [3.8, 4) is 11.5 Å². The van der Waals surface area contributed by atoms with Crippen LogP contribution in [0.4, 0.5) is 0 Å². The molecule has 0 spiro atoms. The first kappa shape index (κ1) is 11.9. The molecule has 0 saturated heterocycles. The molecule has 0 fully saturated rings. The van der Waals surface area contributed by atoms with Crippen LogP contribution in [0.25, 0.3) is 0 Å². The molecule has 0 aliphatic heterocycles. The van der Waals surface area contributed by atoms with Crippen LogP contribution in [0.1, 0.15) is 11.1 Å². The second-order valence-electron chi connectivity index (χ2n) is 4.02. The molecule has 0 aliphatic carbocycles. The molecule has 0 aromatic heterocycles. The van der Waals surface area contributed by atoms with Gasteiger partial charge in [0.1, 0.15) is 11.5 Å². The Morgan fingerprint density at radius 3 is 2.41 bits per heavy atom. The van der Waals surface area contributed by atoms with E-state index in [1.807, 2.05) is 32.0 Å². The van der Waals surface area contributed by atoms with Crippen LogP contribution in [0.2, 0.25) is 0 Å². The first-order chi connectivity index (χ1) is 8.06. The van der Waals surface area contributed by atoms with E-state index < -0.39 is 0 Å². The number of rotatable bonds is 2. The van der Waals surface area contributed by atoms with Crippen molar-refractivity contribution in [2.75, 3.05) is 0 Å². The molecule has 2 aromatic rings. The standard InChI is InChI=1S/C14H14O2S/c1-9-3-6-12(16)14(7-9)17-13-8-11(15)5-4-10(13)2/h3-8,15-16H,1-2H3. The zero-order valence-electron chi connectivity index (χ0n) is 9.77. The fourth-order valence-corrected chi connectivity index (χ4v) is 2.58. The highest BCUT2D eigenvalue weighted by Crippen LogP contribution is 2.37. The minimum absolute atomic E-state index is 0.241. The Morgan fingerprint density at radius 1 is 0.882 bits per heavy atom. The van der Waals surface area contributed by atoms with Crippen molar-refractivity contribution in [3.05, 3.63) is 47.5 Å². The molecule has 0 radical (unpaired) electrons. The molecule has 0 amide bonds. The molecule has 0 atom stereocenters. The summed E-state index contributed by atoms with van der Waals surface area (Å²) in [5, 5.41) is 19.2. The minimum atomic E-state index is 0.241. The Bertz CT molecular complexity index is 500. The average Bonchev–Trinajstić information content (AvgIpc) is 2.28.